The summed E-state index contributed by atoms with van der Waals surface area (Å²) in [7, 11) is 0. The van der Waals surface area contributed by atoms with Gasteiger partial charge >= 0.3 is 0 Å². The molecule has 0 aliphatic rings. The summed E-state index contributed by atoms with van der Waals surface area (Å²) < 4.78 is 0. The lowest BCUT2D eigenvalue weighted by Crippen LogP contribution is -2.28. The Balaban J connectivity index is 2.06. The summed E-state index contributed by atoms with van der Waals surface area (Å²) >= 11 is 0. The largest absolute Gasteiger partial charge is 0.395 e. The smallest absolute Gasteiger partial charge is 0.207 e. The molecule has 0 spiro atoms. The number of benzene rings is 1. The third-order valence-corrected chi connectivity index (χ3v) is 5.09. The fraction of sp³-hybridized carbons (Fsp3) is 0.348. The summed E-state index contributed by atoms with van der Waals surface area (Å²) in [6.45, 7) is 7.77. The van der Waals surface area contributed by atoms with Crippen LogP contribution in [0, 0.1) is 13.8 Å². The molecule has 158 valence electrons. The average molecular weight is 408 g/mol. The molecule has 0 saturated heterocycles. The van der Waals surface area contributed by atoms with Gasteiger partial charge in [-0.2, -0.15) is 0 Å². The van der Waals surface area contributed by atoms with Crippen LogP contribution in [0.2, 0.25) is 0 Å². The number of aromatic amines is 1. The van der Waals surface area contributed by atoms with E-state index >= 15 is 0 Å². The van der Waals surface area contributed by atoms with Gasteiger partial charge in [0.15, 0.2) is 5.82 Å². The molecule has 2 aromatic heterocycles. The first-order valence-electron chi connectivity index (χ1n) is 10.2. The Morgan fingerprint density at radius 3 is 2.83 bits per heavy atom. The highest BCUT2D eigenvalue weighted by Crippen LogP contribution is 2.30. The van der Waals surface area contributed by atoms with Crippen molar-refractivity contribution in [3.8, 4) is 11.3 Å². The van der Waals surface area contributed by atoms with Crippen molar-refractivity contribution in [2.24, 2.45) is 0 Å². The SMILES string of the molecule is C/C=C\CN(CCO)c1nc2c(-c3cc(C)c(CCNC=O)[nH]3)cccc2nc1C. The summed E-state index contributed by atoms with van der Waals surface area (Å²) in [4.78, 5) is 25.8. The second-order valence-corrected chi connectivity index (χ2v) is 7.21. The third-order valence-electron chi connectivity index (χ3n) is 5.09. The molecule has 0 saturated carbocycles. The van der Waals surface area contributed by atoms with Crippen molar-refractivity contribution in [1.29, 1.82) is 0 Å². The fourth-order valence-electron chi connectivity index (χ4n) is 3.57. The summed E-state index contributed by atoms with van der Waals surface area (Å²) in [6, 6.07) is 8.10. The zero-order chi connectivity index (χ0) is 21.5. The quantitative estimate of drug-likeness (QED) is 0.273. The normalized spacial score (nSPS) is 11.3. The zero-order valence-corrected chi connectivity index (χ0v) is 17.8. The van der Waals surface area contributed by atoms with E-state index < -0.39 is 0 Å². The number of carbonyl (C=O) groups is 1. The molecule has 1 aromatic carbocycles. The van der Waals surface area contributed by atoms with Crippen LogP contribution in [0.1, 0.15) is 23.9 Å². The van der Waals surface area contributed by atoms with Crippen LogP contribution < -0.4 is 10.2 Å². The summed E-state index contributed by atoms with van der Waals surface area (Å²) in [6.07, 6.45) is 5.48. The first kappa shape index (κ1) is 21.5. The van der Waals surface area contributed by atoms with Gasteiger partial charge in [-0.3, -0.25) is 4.79 Å². The topological polar surface area (TPSA) is 94.1 Å². The molecule has 3 aromatic rings. The van der Waals surface area contributed by atoms with E-state index in [4.69, 9.17) is 9.97 Å². The molecule has 3 rings (SSSR count). The van der Waals surface area contributed by atoms with Crippen LogP contribution in [0.25, 0.3) is 22.3 Å². The number of aliphatic hydroxyl groups excluding tert-OH is 1. The van der Waals surface area contributed by atoms with Gasteiger partial charge in [-0.15, -0.1) is 0 Å². The van der Waals surface area contributed by atoms with E-state index in [0.717, 1.165) is 57.9 Å². The molecule has 0 radical (unpaired) electrons. The number of hydrogen-bond acceptors (Lipinski definition) is 5. The highest BCUT2D eigenvalue weighted by atomic mass is 16.3. The second kappa shape index (κ2) is 10.0. The van der Waals surface area contributed by atoms with Gasteiger partial charge in [-0.05, 0) is 38.5 Å². The number of para-hydroxylation sites is 1. The standard InChI is InChI=1S/C23H29N5O2/c1-4-5-11-28(12-13-29)23-17(3)25-20-8-6-7-18(22(20)27-23)21-14-16(2)19(26-21)9-10-24-15-30/h4-8,14-15,26,29H,9-13H2,1-3H3,(H,24,30)/b5-4-. The van der Waals surface area contributed by atoms with Crippen LogP contribution >= 0.6 is 0 Å². The first-order chi connectivity index (χ1) is 14.6. The lowest BCUT2D eigenvalue weighted by atomic mass is 10.1. The minimum atomic E-state index is 0.0480. The molecule has 7 heteroatoms. The maximum Gasteiger partial charge on any atom is 0.207 e. The van der Waals surface area contributed by atoms with Crippen molar-refractivity contribution in [3.05, 3.63) is 53.4 Å². The number of H-pyrrole nitrogens is 1. The van der Waals surface area contributed by atoms with Crippen molar-refractivity contribution in [1.82, 2.24) is 20.3 Å². The van der Waals surface area contributed by atoms with E-state index in [2.05, 4.69) is 23.3 Å². The third kappa shape index (κ3) is 4.68. The minimum absolute atomic E-state index is 0.0480. The predicted octanol–water partition coefficient (Wildman–Crippen LogP) is 2.91. The van der Waals surface area contributed by atoms with Gasteiger partial charge in [0.1, 0.15) is 5.52 Å². The van der Waals surface area contributed by atoms with E-state index in [1.54, 1.807) is 0 Å². The van der Waals surface area contributed by atoms with Crippen LogP contribution in [0.15, 0.2) is 36.4 Å². The molecule has 0 unspecified atom stereocenters. The van der Waals surface area contributed by atoms with E-state index in [1.165, 1.54) is 0 Å². The number of carbonyl (C=O) groups excluding carboxylic acids is 1. The van der Waals surface area contributed by atoms with Crippen LogP contribution in [-0.4, -0.2) is 52.7 Å². The summed E-state index contributed by atoms with van der Waals surface area (Å²) in [5, 5.41) is 12.2. The number of aromatic nitrogens is 3. The van der Waals surface area contributed by atoms with Gasteiger partial charge in [0.25, 0.3) is 0 Å². The first-order valence-corrected chi connectivity index (χ1v) is 10.2. The van der Waals surface area contributed by atoms with Crippen LogP contribution in [0.3, 0.4) is 0 Å². The Morgan fingerprint density at radius 1 is 1.27 bits per heavy atom. The van der Waals surface area contributed by atoms with Crippen LogP contribution in [0.5, 0.6) is 0 Å². The second-order valence-electron chi connectivity index (χ2n) is 7.21. The molecule has 0 aliphatic heterocycles. The number of hydrogen-bond donors (Lipinski definition) is 3. The van der Waals surface area contributed by atoms with Gasteiger partial charge in [0.05, 0.1) is 17.8 Å². The van der Waals surface area contributed by atoms with Crippen molar-refractivity contribution in [2.45, 2.75) is 27.2 Å². The monoisotopic (exact) mass is 407 g/mol. The Morgan fingerprint density at radius 2 is 2.10 bits per heavy atom. The number of allylic oxidation sites excluding steroid dienone is 1. The minimum Gasteiger partial charge on any atom is -0.395 e. The molecular weight excluding hydrogens is 378 g/mol. The Bertz CT molecular complexity index is 1040. The van der Waals surface area contributed by atoms with E-state index in [0.29, 0.717) is 19.6 Å². The molecule has 7 nitrogen and oxygen atoms in total. The molecule has 0 fully saturated rings. The molecule has 0 aliphatic carbocycles. The van der Waals surface area contributed by atoms with Gasteiger partial charge in [-0.25, -0.2) is 9.97 Å². The maximum absolute atomic E-state index is 10.5. The highest BCUT2D eigenvalue weighted by Gasteiger charge is 2.16. The molecule has 2 heterocycles. The number of nitrogens with zero attached hydrogens (tertiary/aromatic N) is 3. The Labute approximate surface area is 176 Å². The van der Waals surface area contributed by atoms with Crippen molar-refractivity contribution in [2.75, 3.05) is 31.1 Å². The molecule has 0 atom stereocenters. The number of amides is 1. The van der Waals surface area contributed by atoms with Crippen LogP contribution in [0.4, 0.5) is 5.82 Å². The average Bonchev–Trinajstić information content (AvgIpc) is 3.11. The van der Waals surface area contributed by atoms with Crippen molar-refractivity contribution in [3.63, 3.8) is 0 Å². The van der Waals surface area contributed by atoms with Crippen molar-refractivity contribution < 1.29 is 9.90 Å². The molecule has 30 heavy (non-hydrogen) atoms. The lowest BCUT2D eigenvalue weighted by molar-refractivity contribution is -0.109. The summed E-state index contributed by atoms with van der Waals surface area (Å²) in [5.41, 5.74) is 6.68. The van der Waals surface area contributed by atoms with Crippen molar-refractivity contribution >= 4 is 23.3 Å². The number of nitrogens with one attached hydrogen (secondary N) is 2. The Kier molecular flexibility index (Phi) is 7.19. The molecule has 1 amide bonds. The van der Waals surface area contributed by atoms with E-state index in [9.17, 15) is 9.90 Å². The number of aliphatic hydroxyl groups is 1. The summed E-state index contributed by atoms with van der Waals surface area (Å²) in [5.74, 6) is 0.779. The molecule has 3 N–H and O–H groups in total. The fourth-order valence-corrected chi connectivity index (χ4v) is 3.57. The highest BCUT2D eigenvalue weighted by molar-refractivity contribution is 5.91. The van der Waals surface area contributed by atoms with Gasteiger partial charge in [0, 0.05) is 43.0 Å². The van der Waals surface area contributed by atoms with Gasteiger partial charge in [-0.1, -0.05) is 24.3 Å². The lowest BCUT2D eigenvalue weighted by Gasteiger charge is -2.23. The maximum atomic E-state index is 10.5. The molecule has 0 bridgehead atoms. The zero-order valence-electron chi connectivity index (χ0n) is 17.8. The molecular formula is C23H29N5O2. The van der Waals surface area contributed by atoms with Crippen LogP contribution in [-0.2, 0) is 11.2 Å². The van der Waals surface area contributed by atoms with Gasteiger partial charge in [0.2, 0.25) is 6.41 Å². The predicted molar refractivity (Wildman–Crippen MR) is 121 cm³/mol. The number of aryl methyl sites for hydroxylation is 2. The number of anilines is 1. The van der Waals surface area contributed by atoms with E-state index in [1.807, 2.05) is 49.1 Å². The number of fused-ring (bicyclic) bond motifs is 1. The van der Waals surface area contributed by atoms with E-state index in [-0.39, 0.29) is 6.61 Å². The Hall–Kier alpha value is -3.19. The van der Waals surface area contributed by atoms with Gasteiger partial charge < -0.3 is 20.3 Å². The number of rotatable bonds is 10.